The second-order valence-corrected chi connectivity index (χ2v) is 11.9. The third-order valence-corrected chi connectivity index (χ3v) is 9.42. The molecule has 0 saturated heterocycles. The van der Waals surface area contributed by atoms with Crippen LogP contribution in [0.25, 0.3) is 16.5 Å². The lowest BCUT2D eigenvalue weighted by molar-refractivity contribution is -0.137. The minimum Gasteiger partial charge on any atom is -0.497 e. The minimum absolute atomic E-state index is 0.0121. The molecule has 0 saturated carbocycles. The number of esters is 1. The van der Waals surface area contributed by atoms with Gasteiger partial charge in [0, 0.05) is 13.1 Å². The van der Waals surface area contributed by atoms with E-state index in [1.165, 1.54) is 33.6 Å². The topological polar surface area (TPSA) is 105 Å². The van der Waals surface area contributed by atoms with E-state index in [-0.39, 0.29) is 10.5 Å². The highest BCUT2D eigenvalue weighted by Gasteiger charge is 2.32. The number of hydrazine groups is 1. The molecular formula is C33H33N3O6S. The number of methoxy groups -OCH3 is 1. The molecule has 0 spiro atoms. The lowest BCUT2D eigenvalue weighted by Crippen LogP contribution is -2.42. The van der Waals surface area contributed by atoms with E-state index in [1.807, 2.05) is 72.8 Å². The largest absolute Gasteiger partial charge is 0.497 e. The zero-order chi connectivity index (χ0) is 30.6. The van der Waals surface area contributed by atoms with Crippen LogP contribution in [0.2, 0.25) is 0 Å². The number of sulfonamides is 1. The molecule has 5 rings (SSSR count). The predicted molar refractivity (Wildman–Crippen MR) is 164 cm³/mol. The highest BCUT2D eigenvalue weighted by molar-refractivity contribution is 7.89. The quantitative estimate of drug-likeness (QED) is 0.251. The molecule has 9 nitrogen and oxygen atoms in total. The van der Waals surface area contributed by atoms with Crippen LogP contribution in [0.4, 0.5) is 0 Å². The van der Waals surface area contributed by atoms with Crippen LogP contribution in [0.5, 0.6) is 5.75 Å². The summed E-state index contributed by atoms with van der Waals surface area (Å²) in [6.07, 6.45) is 1.95. The average molecular weight is 600 g/mol. The van der Waals surface area contributed by atoms with E-state index >= 15 is 0 Å². The lowest BCUT2D eigenvalue weighted by atomic mass is 10.0. The van der Waals surface area contributed by atoms with E-state index in [4.69, 9.17) is 9.47 Å². The Morgan fingerprint density at radius 2 is 1.60 bits per heavy atom. The summed E-state index contributed by atoms with van der Waals surface area (Å²) in [6.45, 7) is 3.54. The van der Waals surface area contributed by atoms with Crippen LogP contribution in [0.15, 0.2) is 102 Å². The number of nitrogens with one attached hydrogen (secondary N) is 1. The number of carbonyl (C=O) groups excluding carboxylic acids is 2. The van der Waals surface area contributed by atoms with Gasteiger partial charge < -0.3 is 9.47 Å². The summed E-state index contributed by atoms with van der Waals surface area (Å²) in [5, 5.41) is 3.60. The van der Waals surface area contributed by atoms with Crippen molar-refractivity contribution in [2.24, 2.45) is 0 Å². The molecule has 1 amide bonds. The molecule has 10 heteroatoms. The second-order valence-electron chi connectivity index (χ2n) is 9.93. The van der Waals surface area contributed by atoms with E-state index in [9.17, 15) is 18.0 Å². The zero-order valence-corrected chi connectivity index (χ0v) is 25.0. The Kier molecular flexibility index (Phi) is 8.79. The van der Waals surface area contributed by atoms with Gasteiger partial charge in [0.2, 0.25) is 10.0 Å². The molecule has 0 aliphatic carbocycles. The molecule has 1 aliphatic heterocycles. The summed E-state index contributed by atoms with van der Waals surface area (Å²) in [5.41, 5.74) is 5.71. The number of amides is 1. The van der Waals surface area contributed by atoms with Crippen molar-refractivity contribution >= 4 is 38.4 Å². The minimum atomic E-state index is -3.77. The van der Waals surface area contributed by atoms with Gasteiger partial charge in [-0.2, -0.15) is 4.31 Å². The molecule has 1 atom stereocenters. The summed E-state index contributed by atoms with van der Waals surface area (Å²) >= 11 is 0. The lowest BCUT2D eigenvalue weighted by Gasteiger charge is -2.25. The first-order valence-corrected chi connectivity index (χ1v) is 15.4. The number of hydrogen-bond donors (Lipinski definition) is 1. The number of rotatable bonds is 10. The molecule has 222 valence electrons. The summed E-state index contributed by atoms with van der Waals surface area (Å²) < 4.78 is 37.8. The highest BCUT2D eigenvalue weighted by Crippen LogP contribution is 2.33. The van der Waals surface area contributed by atoms with Crippen molar-refractivity contribution in [1.82, 2.24) is 14.7 Å². The maximum absolute atomic E-state index is 13.5. The van der Waals surface area contributed by atoms with Crippen molar-refractivity contribution in [2.45, 2.75) is 24.8 Å². The first kappa shape index (κ1) is 29.8. The van der Waals surface area contributed by atoms with Gasteiger partial charge in [-0.3, -0.25) is 10.2 Å². The number of ether oxygens (including phenoxy) is 2. The first-order chi connectivity index (χ1) is 20.7. The van der Waals surface area contributed by atoms with Gasteiger partial charge in [0.15, 0.2) is 6.61 Å². The molecule has 0 radical (unpaired) electrons. The van der Waals surface area contributed by atoms with E-state index in [0.717, 1.165) is 27.6 Å². The fraction of sp³-hybridized carbons (Fsp3) is 0.212. The third-order valence-electron chi connectivity index (χ3n) is 7.37. The van der Waals surface area contributed by atoms with Gasteiger partial charge in [0.05, 0.1) is 29.3 Å². The van der Waals surface area contributed by atoms with Crippen LogP contribution >= 0.6 is 0 Å². The van der Waals surface area contributed by atoms with E-state index in [1.54, 1.807) is 21.0 Å². The summed E-state index contributed by atoms with van der Waals surface area (Å²) in [7, 11) is -2.18. The predicted octanol–water partition coefficient (Wildman–Crippen LogP) is 5.16. The maximum atomic E-state index is 13.5. The van der Waals surface area contributed by atoms with Gasteiger partial charge in [-0.05, 0) is 64.4 Å². The zero-order valence-electron chi connectivity index (χ0n) is 24.2. The molecule has 4 aromatic carbocycles. The number of carbonyl (C=O) groups is 2. The van der Waals surface area contributed by atoms with Gasteiger partial charge in [-0.15, -0.1) is 0 Å². The van der Waals surface area contributed by atoms with Crippen LogP contribution in [-0.4, -0.2) is 56.4 Å². The average Bonchev–Trinajstić information content (AvgIpc) is 3.49. The van der Waals surface area contributed by atoms with Crippen molar-refractivity contribution in [3.05, 3.63) is 114 Å². The Bertz CT molecular complexity index is 1780. The molecule has 1 N–H and O–H groups in total. The summed E-state index contributed by atoms with van der Waals surface area (Å²) in [4.78, 5) is 26.4. The monoisotopic (exact) mass is 599 g/mol. The highest BCUT2D eigenvalue weighted by atomic mass is 32.2. The standard InChI is InChI=1S/C33H33N3O6S/c1-4-35(5-2)43(39,40)29-12-8-11-27(20-29)33(38)42-22-32(37)36-31(24-15-17-28(41-3)18-16-24)21-30(34-36)26-14-13-23-9-6-7-10-25(23)19-26/h6-21,31,34H,4-5,22H2,1-3H3/t31-/m1/s1. The van der Waals surface area contributed by atoms with Gasteiger partial charge in [0.1, 0.15) is 5.75 Å². The molecule has 0 aromatic heterocycles. The molecule has 1 aliphatic rings. The smallest absolute Gasteiger partial charge is 0.338 e. The Hall–Kier alpha value is -4.67. The van der Waals surface area contributed by atoms with Gasteiger partial charge in [-0.25, -0.2) is 18.2 Å². The number of benzene rings is 4. The number of fused-ring (bicyclic) bond motifs is 1. The molecule has 4 aromatic rings. The van der Waals surface area contributed by atoms with E-state index in [2.05, 4.69) is 5.43 Å². The van der Waals surface area contributed by atoms with Crippen LogP contribution in [-0.2, 0) is 19.6 Å². The Balaban J connectivity index is 1.36. The van der Waals surface area contributed by atoms with Gasteiger partial charge in [-0.1, -0.05) is 68.4 Å². The molecule has 0 fully saturated rings. The molecule has 1 heterocycles. The van der Waals surface area contributed by atoms with E-state index in [0.29, 0.717) is 18.8 Å². The molecule has 0 bridgehead atoms. The van der Waals surface area contributed by atoms with Crippen LogP contribution in [0, 0.1) is 0 Å². The fourth-order valence-electron chi connectivity index (χ4n) is 5.03. The van der Waals surface area contributed by atoms with E-state index < -0.39 is 34.5 Å². The van der Waals surface area contributed by atoms with Gasteiger partial charge >= 0.3 is 5.97 Å². The van der Waals surface area contributed by atoms with Crippen molar-refractivity contribution < 1.29 is 27.5 Å². The van der Waals surface area contributed by atoms with Crippen molar-refractivity contribution in [1.29, 1.82) is 0 Å². The van der Waals surface area contributed by atoms with Crippen LogP contribution in [0.1, 0.15) is 41.4 Å². The number of nitrogens with zero attached hydrogens (tertiary/aromatic N) is 2. The van der Waals surface area contributed by atoms with Crippen LogP contribution in [0.3, 0.4) is 0 Å². The third kappa shape index (κ3) is 6.25. The Labute approximate surface area is 251 Å². The summed E-state index contributed by atoms with van der Waals surface area (Å²) in [5.74, 6) is -0.591. The molecule has 0 unspecified atom stereocenters. The first-order valence-electron chi connectivity index (χ1n) is 14.0. The molecule has 43 heavy (non-hydrogen) atoms. The molecular weight excluding hydrogens is 566 g/mol. The van der Waals surface area contributed by atoms with Crippen molar-refractivity contribution in [3.63, 3.8) is 0 Å². The Morgan fingerprint density at radius 1 is 0.884 bits per heavy atom. The second kappa shape index (κ2) is 12.7. The van der Waals surface area contributed by atoms with Crippen molar-refractivity contribution in [2.75, 3.05) is 26.8 Å². The fourth-order valence-corrected chi connectivity index (χ4v) is 6.53. The number of hydrogen-bond acceptors (Lipinski definition) is 7. The summed E-state index contributed by atoms with van der Waals surface area (Å²) in [6, 6.07) is 26.6. The van der Waals surface area contributed by atoms with Gasteiger partial charge in [0.25, 0.3) is 5.91 Å². The van der Waals surface area contributed by atoms with Crippen molar-refractivity contribution in [3.8, 4) is 5.75 Å². The Morgan fingerprint density at radius 3 is 2.30 bits per heavy atom. The van der Waals surface area contributed by atoms with Crippen LogP contribution < -0.4 is 10.2 Å². The normalized spacial score (nSPS) is 14.8. The SMILES string of the molecule is CCN(CC)S(=O)(=O)c1cccc(C(=O)OCC(=O)N2NC(c3ccc4ccccc4c3)=C[C@@H]2c2ccc(OC)cc2)c1. The maximum Gasteiger partial charge on any atom is 0.338 e.